The number of nitrogens with zero attached hydrogens (tertiary/aromatic N) is 1. The number of morpholine rings is 1. The van der Waals surface area contributed by atoms with Crippen LogP contribution in [0.1, 0.15) is 6.92 Å². The van der Waals surface area contributed by atoms with Crippen molar-refractivity contribution in [1.82, 2.24) is 4.90 Å². The molecule has 1 heterocycles. The Morgan fingerprint density at radius 3 is 2.82 bits per heavy atom. The van der Waals surface area contributed by atoms with E-state index < -0.39 is 12.1 Å². The highest BCUT2D eigenvalue weighted by Gasteiger charge is 2.27. The zero-order valence-corrected chi connectivity index (χ0v) is 6.78. The van der Waals surface area contributed by atoms with Crippen LogP contribution >= 0.6 is 0 Å². The lowest BCUT2D eigenvalue weighted by Gasteiger charge is -2.33. The van der Waals surface area contributed by atoms with Crippen LogP contribution in [0.15, 0.2) is 0 Å². The number of likely N-dealkylation sites (N-methyl/N-ethyl adjacent to an activating group) is 1. The third kappa shape index (κ3) is 1.91. The SMILES string of the molecule is C[C@@H]1COC(C(=O)O)CN1C. The molecule has 64 valence electrons. The lowest BCUT2D eigenvalue weighted by molar-refractivity contribution is -0.157. The van der Waals surface area contributed by atoms with Crippen molar-refractivity contribution >= 4 is 5.97 Å². The first-order valence-corrected chi connectivity index (χ1v) is 3.66. The standard InChI is InChI=1S/C7H13NO3/c1-5-4-11-6(7(9)10)3-8(5)2/h5-6H,3-4H2,1-2H3,(H,9,10)/t5-,6?/m1/s1. The van der Waals surface area contributed by atoms with Crippen LogP contribution in [-0.4, -0.2) is 48.3 Å². The fourth-order valence-corrected chi connectivity index (χ4v) is 1.03. The van der Waals surface area contributed by atoms with E-state index in [0.29, 0.717) is 19.2 Å². The molecule has 0 aromatic rings. The van der Waals surface area contributed by atoms with E-state index in [1.54, 1.807) is 0 Å². The van der Waals surface area contributed by atoms with E-state index in [2.05, 4.69) is 0 Å². The van der Waals surface area contributed by atoms with Crippen molar-refractivity contribution in [3.05, 3.63) is 0 Å². The van der Waals surface area contributed by atoms with Gasteiger partial charge in [0.1, 0.15) is 0 Å². The van der Waals surface area contributed by atoms with Crippen LogP contribution in [0.25, 0.3) is 0 Å². The van der Waals surface area contributed by atoms with Gasteiger partial charge in [0.25, 0.3) is 0 Å². The van der Waals surface area contributed by atoms with Crippen molar-refractivity contribution < 1.29 is 14.6 Å². The summed E-state index contributed by atoms with van der Waals surface area (Å²) in [6, 6.07) is 0.325. The molecule has 4 nitrogen and oxygen atoms in total. The van der Waals surface area contributed by atoms with Gasteiger partial charge >= 0.3 is 5.97 Å². The van der Waals surface area contributed by atoms with E-state index >= 15 is 0 Å². The monoisotopic (exact) mass is 159 g/mol. The smallest absolute Gasteiger partial charge is 0.334 e. The minimum Gasteiger partial charge on any atom is -0.479 e. The molecule has 0 aromatic carbocycles. The van der Waals surface area contributed by atoms with Gasteiger partial charge in [-0.25, -0.2) is 4.79 Å². The Hall–Kier alpha value is -0.610. The summed E-state index contributed by atoms with van der Waals surface area (Å²) in [5, 5.41) is 8.59. The second kappa shape index (κ2) is 3.19. The molecule has 11 heavy (non-hydrogen) atoms. The largest absolute Gasteiger partial charge is 0.479 e. The van der Waals surface area contributed by atoms with Gasteiger partial charge in [-0.2, -0.15) is 0 Å². The minimum atomic E-state index is -0.872. The molecule has 1 aliphatic rings. The van der Waals surface area contributed by atoms with Crippen LogP contribution in [0.5, 0.6) is 0 Å². The maximum atomic E-state index is 10.5. The summed E-state index contributed by atoms with van der Waals surface area (Å²) in [6.07, 6.45) is -0.642. The third-order valence-corrected chi connectivity index (χ3v) is 2.02. The fourth-order valence-electron chi connectivity index (χ4n) is 1.03. The van der Waals surface area contributed by atoms with Gasteiger partial charge in [-0.05, 0) is 14.0 Å². The normalized spacial score (nSPS) is 33.6. The highest BCUT2D eigenvalue weighted by Crippen LogP contribution is 2.08. The Kier molecular flexibility index (Phi) is 2.46. The number of hydrogen-bond acceptors (Lipinski definition) is 3. The summed E-state index contributed by atoms with van der Waals surface area (Å²) >= 11 is 0. The van der Waals surface area contributed by atoms with Crippen LogP contribution in [0.2, 0.25) is 0 Å². The number of rotatable bonds is 1. The van der Waals surface area contributed by atoms with Gasteiger partial charge in [-0.3, -0.25) is 4.90 Å². The average molecular weight is 159 g/mol. The summed E-state index contributed by atoms with van der Waals surface area (Å²) in [5.41, 5.74) is 0. The highest BCUT2D eigenvalue weighted by molar-refractivity contribution is 5.72. The molecule has 1 N–H and O–H groups in total. The van der Waals surface area contributed by atoms with Crippen molar-refractivity contribution in [3.8, 4) is 0 Å². The quantitative estimate of drug-likeness (QED) is 0.575. The predicted octanol–water partition coefficient (Wildman–Crippen LogP) is -0.210. The topological polar surface area (TPSA) is 49.8 Å². The highest BCUT2D eigenvalue weighted by atomic mass is 16.5. The summed E-state index contributed by atoms with van der Waals surface area (Å²) < 4.78 is 5.08. The number of carboxylic acid groups (broad SMARTS) is 1. The number of carboxylic acids is 1. The minimum absolute atomic E-state index is 0.325. The first-order valence-electron chi connectivity index (χ1n) is 3.66. The fraction of sp³-hybridized carbons (Fsp3) is 0.857. The van der Waals surface area contributed by atoms with Gasteiger partial charge in [0, 0.05) is 12.6 Å². The first kappa shape index (κ1) is 8.49. The molecule has 1 aliphatic heterocycles. The number of carbonyl (C=O) groups is 1. The predicted molar refractivity (Wildman–Crippen MR) is 39.5 cm³/mol. The van der Waals surface area contributed by atoms with Crippen LogP contribution in [0.4, 0.5) is 0 Å². The van der Waals surface area contributed by atoms with Crippen molar-refractivity contribution in [2.24, 2.45) is 0 Å². The molecule has 1 fully saturated rings. The van der Waals surface area contributed by atoms with E-state index in [1.807, 2.05) is 18.9 Å². The molecule has 0 bridgehead atoms. The number of aliphatic carboxylic acids is 1. The van der Waals surface area contributed by atoms with Crippen LogP contribution in [-0.2, 0) is 9.53 Å². The van der Waals surface area contributed by atoms with Crippen molar-refractivity contribution in [2.75, 3.05) is 20.2 Å². The first-order chi connectivity index (χ1) is 5.11. The third-order valence-electron chi connectivity index (χ3n) is 2.02. The molecule has 1 rings (SSSR count). The average Bonchev–Trinajstić information content (AvgIpc) is 1.94. The van der Waals surface area contributed by atoms with Gasteiger partial charge in [0.05, 0.1) is 6.61 Å². The van der Waals surface area contributed by atoms with Crippen molar-refractivity contribution in [1.29, 1.82) is 0 Å². The molecule has 0 saturated carbocycles. The van der Waals surface area contributed by atoms with Gasteiger partial charge in [-0.1, -0.05) is 0 Å². The Labute approximate surface area is 65.8 Å². The molecule has 2 atom stereocenters. The summed E-state index contributed by atoms with van der Waals surface area (Å²) in [4.78, 5) is 12.4. The van der Waals surface area contributed by atoms with E-state index in [0.717, 1.165) is 0 Å². The van der Waals surface area contributed by atoms with Crippen LogP contribution in [0, 0.1) is 0 Å². The zero-order chi connectivity index (χ0) is 8.43. The van der Waals surface area contributed by atoms with E-state index in [9.17, 15) is 4.79 Å². The molecule has 0 aromatic heterocycles. The van der Waals surface area contributed by atoms with Crippen molar-refractivity contribution in [3.63, 3.8) is 0 Å². The molecule has 0 spiro atoms. The molecule has 0 aliphatic carbocycles. The van der Waals surface area contributed by atoms with E-state index in [4.69, 9.17) is 9.84 Å². The molecular formula is C7H13NO3. The second-order valence-electron chi connectivity index (χ2n) is 2.95. The summed E-state index contributed by atoms with van der Waals surface area (Å²) in [6.45, 7) is 3.00. The summed E-state index contributed by atoms with van der Waals surface area (Å²) in [7, 11) is 1.91. The molecule has 0 radical (unpaired) electrons. The van der Waals surface area contributed by atoms with Gasteiger partial charge in [-0.15, -0.1) is 0 Å². The zero-order valence-electron chi connectivity index (χ0n) is 6.78. The molecule has 0 amide bonds. The van der Waals surface area contributed by atoms with Crippen LogP contribution < -0.4 is 0 Å². The number of hydrogen-bond donors (Lipinski definition) is 1. The maximum absolute atomic E-state index is 10.5. The van der Waals surface area contributed by atoms with Gasteiger partial charge < -0.3 is 9.84 Å². The Bertz CT molecular complexity index is 160. The van der Waals surface area contributed by atoms with Gasteiger partial charge in [0.2, 0.25) is 0 Å². The lowest BCUT2D eigenvalue weighted by Crippen LogP contribution is -2.48. The molecule has 4 heteroatoms. The molecule has 1 saturated heterocycles. The number of ether oxygens (including phenoxy) is 1. The van der Waals surface area contributed by atoms with Crippen molar-refractivity contribution in [2.45, 2.75) is 19.1 Å². The Morgan fingerprint density at radius 2 is 2.36 bits per heavy atom. The molecule has 1 unspecified atom stereocenters. The Morgan fingerprint density at radius 1 is 1.73 bits per heavy atom. The maximum Gasteiger partial charge on any atom is 0.334 e. The van der Waals surface area contributed by atoms with Gasteiger partial charge in [0.15, 0.2) is 6.10 Å². The second-order valence-corrected chi connectivity index (χ2v) is 2.95. The lowest BCUT2D eigenvalue weighted by atomic mass is 10.2. The Balaban J connectivity index is 2.46. The molecular weight excluding hydrogens is 146 g/mol. The van der Waals surface area contributed by atoms with E-state index in [1.165, 1.54) is 0 Å². The summed E-state index contributed by atoms with van der Waals surface area (Å²) in [5.74, 6) is -0.872. The van der Waals surface area contributed by atoms with Crippen LogP contribution in [0.3, 0.4) is 0 Å². The van der Waals surface area contributed by atoms with E-state index in [-0.39, 0.29) is 0 Å².